The largest absolute Gasteiger partial charge is 0.508 e. The summed E-state index contributed by atoms with van der Waals surface area (Å²) < 4.78 is 14.5. The van der Waals surface area contributed by atoms with Crippen molar-refractivity contribution >= 4 is 34.8 Å². The number of benzene rings is 1. The number of H-pyrrole nitrogens is 1. The van der Waals surface area contributed by atoms with Gasteiger partial charge in [-0.2, -0.15) is 10.4 Å². The number of fused-ring (bicyclic) bond motifs is 1. The minimum Gasteiger partial charge on any atom is -0.508 e. The highest BCUT2D eigenvalue weighted by Gasteiger charge is 2.23. The smallest absolute Gasteiger partial charge is 0.182 e. The fraction of sp³-hybridized carbons (Fsp3) is 0.273. The molecule has 1 aliphatic heterocycles. The molecule has 0 radical (unpaired) electrons. The summed E-state index contributed by atoms with van der Waals surface area (Å²) in [6.45, 7) is 3.81. The summed E-state index contributed by atoms with van der Waals surface area (Å²) in [4.78, 5) is 10.1. The number of aryl methyl sites for hydroxylation is 1. The first-order chi connectivity index (χ1) is 15.1. The van der Waals surface area contributed by atoms with E-state index in [4.69, 9.17) is 0 Å². The molecular formula is C22H20ClFN6OS. The van der Waals surface area contributed by atoms with E-state index in [1.54, 1.807) is 11.3 Å². The lowest BCUT2D eigenvalue weighted by molar-refractivity contribution is 0.459. The van der Waals surface area contributed by atoms with Gasteiger partial charge in [0.25, 0.3) is 0 Å². The van der Waals surface area contributed by atoms with Crippen LogP contribution in [0.25, 0.3) is 32.9 Å². The molecule has 10 heteroatoms. The predicted octanol–water partition coefficient (Wildman–Crippen LogP) is 4.66. The van der Waals surface area contributed by atoms with Gasteiger partial charge in [0.15, 0.2) is 5.65 Å². The number of aromatic hydroxyl groups is 1. The summed E-state index contributed by atoms with van der Waals surface area (Å²) in [5.41, 5.74) is 2.49. The van der Waals surface area contributed by atoms with Gasteiger partial charge in [-0.1, -0.05) is 0 Å². The molecule has 0 bridgehead atoms. The summed E-state index contributed by atoms with van der Waals surface area (Å²) in [6, 6.07) is 5.97. The van der Waals surface area contributed by atoms with Crippen molar-refractivity contribution in [2.24, 2.45) is 0 Å². The summed E-state index contributed by atoms with van der Waals surface area (Å²) >= 11 is 1.63. The number of halogens is 2. The first-order valence-corrected chi connectivity index (χ1v) is 10.8. The normalized spacial score (nSPS) is 14.3. The molecule has 1 aliphatic rings. The zero-order chi connectivity index (χ0) is 21.5. The fourth-order valence-electron chi connectivity index (χ4n) is 4.10. The molecule has 3 aromatic heterocycles. The number of hydrogen-bond acceptors (Lipinski definition) is 7. The number of nitrogens with one attached hydrogen (secondary N) is 2. The van der Waals surface area contributed by atoms with Gasteiger partial charge in [0.05, 0.1) is 32.2 Å². The number of rotatable bonds is 3. The number of phenols is 1. The molecule has 4 heterocycles. The standard InChI is InChI=1S/C22H19FN6OS.ClH/c1-11-15(9-24)19(14-3-2-13(30)8-16(14)23)27-21-18(11)20(28-29-21)17-10-26-22(31-17)12-4-6-25-7-5-12;/h2-3,8,10,12,25,30H,4-7H2,1H3,(H,27,28,29);1H. The summed E-state index contributed by atoms with van der Waals surface area (Å²) in [6.07, 6.45) is 3.98. The van der Waals surface area contributed by atoms with Crippen LogP contribution in [0, 0.1) is 24.1 Å². The molecular weight excluding hydrogens is 451 g/mol. The van der Waals surface area contributed by atoms with Crippen molar-refractivity contribution in [3.05, 3.63) is 46.3 Å². The highest BCUT2D eigenvalue weighted by molar-refractivity contribution is 7.15. The van der Waals surface area contributed by atoms with Gasteiger partial charge in [-0.05, 0) is 50.6 Å². The summed E-state index contributed by atoms with van der Waals surface area (Å²) in [5, 5.41) is 31.9. The van der Waals surface area contributed by atoms with E-state index in [1.807, 2.05) is 13.1 Å². The highest BCUT2D eigenvalue weighted by atomic mass is 35.5. The van der Waals surface area contributed by atoms with E-state index in [0.717, 1.165) is 53.0 Å². The molecule has 0 aliphatic carbocycles. The molecule has 0 saturated carbocycles. The molecule has 1 saturated heterocycles. The SMILES string of the molecule is Cc1c(C#N)c(-c2ccc(O)cc2F)nc2n[nH]c(-c3cnc(C4CCNCC4)s3)c12.Cl. The van der Waals surface area contributed by atoms with Crippen LogP contribution in [0.1, 0.15) is 34.9 Å². The van der Waals surface area contributed by atoms with Crippen LogP contribution < -0.4 is 5.32 Å². The number of nitrogens with zero attached hydrogens (tertiary/aromatic N) is 4. The minimum atomic E-state index is -0.646. The number of pyridine rings is 1. The van der Waals surface area contributed by atoms with Crippen molar-refractivity contribution in [3.8, 4) is 33.6 Å². The molecule has 164 valence electrons. The van der Waals surface area contributed by atoms with Gasteiger partial charge in [-0.3, -0.25) is 5.10 Å². The summed E-state index contributed by atoms with van der Waals surface area (Å²) in [7, 11) is 0. The van der Waals surface area contributed by atoms with E-state index < -0.39 is 5.82 Å². The number of aromatic nitrogens is 4. The molecule has 3 N–H and O–H groups in total. The Hall–Kier alpha value is -3.06. The third-order valence-electron chi connectivity index (χ3n) is 5.73. The van der Waals surface area contributed by atoms with E-state index in [0.29, 0.717) is 17.1 Å². The second-order valence-corrected chi connectivity index (χ2v) is 8.68. The fourth-order valence-corrected chi connectivity index (χ4v) is 5.19. The van der Waals surface area contributed by atoms with Gasteiger partial charge in [-0.25, -0.2) is 14.4 Å². The maximum absolute atomic E-state index is 14.5. The molecule has 32 heavy (non-hydrogen) atoms. The van der Waals surface area contributed by atoms with E-state index in [9.17, 15) is 14.8 Å². The molecule has 0 amide bonds. The van der Waals surface area contributed by atoms with Crippen molar-refractivity contribution in [1.29, 1.82) is 5.26 Å². The average molecular weight is 471 g/mol. The predicted molar refractivity (Wildman–Crippen MR) is 124 cm³/mol. The Morgan fingerprint density at radius 1 is 1.28 bits per heavy atom. The Labute approximate surface area is 193 Å². The van der Waals surface area contributed by atoms with Crippen LogP contribution in [0.3, 0.4) is 0 Å². The number of phenolic OH excluding ortho intramolecular Hbond substituents is 1. The van der Waals surface area contributed by atoms with Crippen molar-refractivity contribution in [2.75, 3.05) is 13.1 Å². The van der Waals surface area contributed by atoms with Crippen LogP contribution in [0.15, 0.2) is 24.4 Å². The van der Waals surface area contributed by atoms with Gasteiger partial charge in [0.1, 0.15) is 17.6 Å². The zero-order valence-electron chi connectivity index (χ0n) is 17.1. The third-order valence-corrected chi connectivity index (χ3v) is 6.91. The number of piperidine rings is 1. The zero-order valence-corrected chi connectivity index (χ0v) is 18.8. The lowest BCUT2D eigenvalue weighted by atomic mass is 9.99. The topological polar surface area (TPSA) is 111 Å². The maximum Gasteiger partial charge on any atom is 0.182 e. The van der Waals surface area contributed by atoms with Gasteiger partial charge in [0.2, 0.25) is 0 Å². The Kier molecular flexibility index (Phi) is 6.11. The van der Waals surface area contributed by atoms with Crippen molar-refractivity contribution in [2.45, 2.75) is 25.7 Å². The third kappa shape index (κ3) is 3.71. The quantitative estimate of drug-likeness (QED) is 0.401. The number of nitriles is 1. The number of aromatic amines is 1. The average Bonchev–Trinajstić information content (AvgIpc) is 3.42. The molecule has 0 atom stereocenters. The molecule has 0 unspecified atom stereocenters. The summed E-state index contributed by atoms with van der Waals surface area (Å²) in [5.74, 6) is -0.380. The minimum absolute atomic E-state index is 0. The van der Waals surface area contributed by atoms with E-state index in [1.165, 1.54) is 12.1 Å². The molecule has 4 aromatic rings. The second kappa shape index (κ2) is 8.82. The molecule has 1 aromatic carbocycles. The van der Waals surface area contributed by atoms with Crippen molar-refractivity contribution in [1.82, 2.24) is 25.5 Å². The van der Waals surface area contributed by atoms with Gasteiger partial charge < -0.3 is 10.4 Å². The Morgan fingerprint density at radius 2 is 2.06 bits per heavy atom. The Bertz CT molecular complexity index is 1340. The monoisotopic (exact) mass is 470 g/mol. The lowest BCUT2D eigenvalue weighted by Gasteiger charge is -2.20. The van der Waals surface area contributed by atoms with E-state index >= 15 is 0 Å². The second-order valence-electron chi connectivity index (χ2n) is 7.62. The van der Waals surface area contributed by atoms with E-state index in [2.05, 4.69) is 31.6 Å². The highest BCUT2D eigenvalue weighted by Crippen LogP contribution is 2.39. The van der Waals surface area contributed by atoms with Crippen LogP contribution in [0.4, 0.5) is 4.39 Å². The Balaban J connectivity index is 0.00000245. The van der Waals surface area contributed by atoms with Crippen molar-refractivity contribution < 1.29 is 9.50 Å². The van der Waals surface area contributed by atoms with Gasteiger partial charge in [-0.15, -0.1) is 23.7 Å². The Morgan fingerprint density at radius 3 is 2.78 bits per heavy atom. The van der Waals surface area contributed by atoms with Crippen LogP contribution in [-0.2, 0) is 0 Å². The van der Waals surface area contributed by atoms with Crippen molar-refractivity contribution in [3.63, 3.8) is 0 Å². The van der Waals surface area contributed by atoms with Gasteiger partial charge in [0, 0.05) is 23.7 Å². The number of thiazole rings is 1. The van der Waals surface area contributed by atoms with Crippen LogP contribution in [-0.4, -0.2) is 38.4 Å². The maximum atomic E-state index is 14.5. The first-order valence-electron chi connectivity index (χ1n) is 10.0. The first kappa shape index (κ1) is 22.1. The lowest BCUT2D eigenvalue weighted by Crippen LogP contribution is -2.26. The van der Waals surface area contributed by atoms with E-state index in [-0.39, 0.29) is 35.0 Å². The number of hydrogen-bond donors (Lipinski definition) is 3. The molecule has 5 rings (SSSR count). The molecule has 1 fully saturated rings. The van der Waals surface area contributed by atoms with Crippen LogP contribution in [0.2, 0.25) is 0 Å². The van der Waals surface area contributed by atoms with Crippen LogP contribution in [0.5, 0.6) is 5.75 Å². The van der Waals surface area contributed by atoms with Crippen LogP contribution >= 0.6 is 23.7 Å². The molecule has 7 nitrogen and oxygen atoms in total. The van der Waals surface area contributed by atoms with Gasteiger partial charge >= 0.3 is 0 Å². The molecule has 0 spiro atoms.